The minimum absolute atomic E-state index is 0.0258. The smallest absolute Gasteiger partial charge is 0.239 e. The average molecular weight is 320 g/mol. The molecular weight excluding hydrogens is 292 g/mol. The average Bonchev–Trinajstić information content (AvgIpc) is 2.54. The maximum absolute atomic E-state index is 12.1. The first-order valence-electron chi connectivity index (χ1n) is 8.41. The van der Waals surface area contributed by atoms with Crippen LogP contribution in [0.15, 0.2) is 24.3 Å². The lowest BCUT2D eigenvalue weighted by atomic mass is 10.1. The van der Waals surface area contributed by atoms with Gasteiger partial charge in [0.1, 0.15) is 11.8 Å². The molecule has 5 heteroatoms. The highest BCUT2D eigenvalue weighted by molar-refractivity contribution is 5.82. The van der Waals surface area contributed by atoms with E-state index in [4.69, 9.17) is 9.47 Å². The number of amides is 1. The van der Waals surface area contributed by atoms with Gasteiger partial charge in [0.15, 0.2) is 0 Å². The third kappa shape index (κ3) is 6.20. The van der Waals surface area contributed by atoms with Gasteiger partial charge >= 0.3 is 0 Å². The minimum Gasteiger partial charge on any atom is -0.491 e. The SMILES string of the molecule is CC(CCc1ccc(OC(C)C)cc1)NC(=O)C1COCCN1. The van der Waals surface area contributed by atoms with Crippen LogP contribution in [0.25, 0.3) is 0 Å². The molecule has 5 nitrogen and oxygen atoms in total. The molecule has 1 saturated heterocycles. The Morgan fingerprint density at radius 2 is 2.09 bits per heavy atom. The molecule has 0 aromatic heterocycles. The molecule has 0 radical (unpaired) electrons. The van der Waals surface area contributed by atoms with Crippen LogP contribution in [0.5, 0.6) is 5.75 Å². The maximum atomic E-state index is 12.1. The van der Waals surface area contributed by atoms with Crippen LogP contribution in [0.4, 0.5) is 0 Å². The van der Waals surface area contributed by atoms with Crippen molar-refractivity contribution in [2.75, 3.05) is 19.8 Å². The van der Waals surface area contributed by atoms with Gasteiger partial charge in [0.2, 0.25) is 5.91 Å². The molecule has 128 valence electrons. The Morgan fingerprint density at radius 3 is 2.70 bits per heavy atom. The minimum atomic E-state index is -0.223. The van der Waals surface area contributed by atoms with Gasteiger partial charge in [-0.05, 0) is 51.3 Å². The fraction of sp³-hybridized carbons (Fsp3) is 0.611. The van der Waals surface area contributed by atoms with Gasteiger partial charge in [0.25, 0.3) is 0 Å². The van der Waals surface area contributed by atoms with Crippen molar-refractivity contribution in [2.24, 2.45) is 0 Å². The molecule has 2 N–H and O–H groups in total. The van der Waals surface area contributed by atoms with Gasteiger partial charge in [0, 0.05) is 12.6 Å². The van der Waals surface area contributed by atoms with E-state index in [1.807, 2.05) is 32.9 Å². The number of hydrogen-bond donors (Lipinski definition) is 2. The van der Waals surface area contributed by atoms with Crippen LogP contribution in [0.3, 0.4) is 0 Å². The molecule has 0 aliphatic carbocycles. The highest BCUT2D eigenvalue weighted by Gasteiger charge is 2.22. The fourth-order valence-electron chi connectivity index (χ4n) is 2.54. The summed E-state index contributed by atoms with van der Waals surface area (Å²) in [6.07, 6.45) is 2.02. The van der Waals surface area contributed by atoms with E-state index in [1.165, 1.54) is 5.56 Å². The maximum Gasteiger partial charge on any atom is 0.239 e. The second-order valence-corrected chi connectivity index (χ2v) is 6.34. The molecule has 2 unspecified atom stereocenters. The Hall–Kier alpha value is -1.59. The van der Waals surface area contributed by atoms with Crippen LogP contribution < -0.4 is 15.4 Å². The van der Waals surface area contributed by atoms with Crippen molar-refractivity contribution in [1.82, 2.24) is 10.6 Å². The van der Waals surface area contributed by atoms with E-state index in [1.54, 1.807) is 0 Å². The van der Waals surface area contributed by atoms with Crippen LogP contribution in [0.1, 0.15) is 32.8 Å². The quantitative estimate of drug-likeness (QED) is 0.805. The molecule has 1 aromatic carbocycles. The molecule has 2 rings (SSSR count). The fourth-order valence-corrected chi connectivity index (χ4v) is 2.54. The van der Waals surface area contributed by atoms with Gasteiger partial charge in [-0.15, -0.1) is 0 Å². The van der Waals surface area contributed by atoms with Crippen LogP contribution >= 0.6 is 0 Å². The number of hydrogen-bond acceptors (Lipinski definition) is 4. The number of morpholine rings is 1. The van der Waals surface area contributed by atoms with Crippen LogP contribution in [-0.4, -0.2) is 43.9 Å². The Kier molecular flexibility index (Phi) is 6.86. The standard InChI is InChI=1S/C18H28N2O3/c1-13(2)23-16-8-6-15(7-9-16)5-4-14(3)20-18(21)17-12-22-11-10-19-17/h6-9,13-14,17,19H,4-5,10-12H2,1-3H3,(H,20,21). The number of carbonyl (C=O) groups is 1. The van der Waals surface area contributed by atoms with Crippen LogP contribution in [-0.2, 0) is 16.0 Å². The van der Waals surface area contributed by atoms with Crippen molar-refractivity contribution in [2.45, 2.75) is 51.8 Å². The van der Waals surface area contributed by atoms with E-state index in [2.05, 4.69) is 22.8 Å². The van der Waals surface area contributed by atoms with Crippen molar-refractivity contribution in [3.63, 3.8) is 0 Å². The topological polar surface area (TPSA) is 59.6 Å². The van der Waals surface area contributed by atoms with E-state index < -0.39 is 0 Å². The number of rotatable bonds is 7. The molecule has 2 atom stereocenters. The summed E-state index contributed by atoms with van der Waals surface area (Å²) in [5.41, 5.74) is 1.25. The van der Waals surface area contributed by atoms with Crippen molar-refractivity contribution >= 4 is 5.91 Å². The predicted octanol–water partition coefficient (Wildman–Crippen LogP) is 1.90. The van der Waals surface area contributed by atoms with Gasteiger partial charge < -0.3 is 20.1 Å². The highest BCUT2D eigenvalue weighted by atomic mass is 16.5. The number of aryl methyl sites for hydroxylation is 1. The molecule has 1 fully saturated rings. The lowest BCUT2D eigenvalue weighted by Crippen LogP contribution is -2.52. The van der Waals surface area contributed by atoms with Gasteiger partial charge in [-0.25, -0.2) is 0 Å². The first-order valence-corrected chi connectivity index (χ1v) is 8.41. The lowest BCUT2D eigenvalue weighted by molar-refractivity contribution is -0.126. The Morgan fingerprint density at radius 1 is 1.35 bits per heavy atom. The molecule has 1 heterocycles. The zero-order chi connectivity index (χ0) is 16.7. The van der Waals surface area contributed by atoms with Crippen molar-refractivity contribution in [3.8, 4) is 5.75 Å². The zero-order valence-corrected chi connectivity index (χ0v) is 14.3. The van der Waals surface area contributed by atoms with Gasteiger partial charge in [-0.3, -0.25) is 4.79 Å². The number of nitrogens with one attached hydrogen (secondary N) is 2. The summed E-state index contributed by atoms with van der Waals surface area (Å²) in [4.78, 5) is 12.1. The molecule has 0 saturated carbocycles. The Bertz CT molecular complexity index is 482. The van der Waals surface area contributed by atoms with Crippen molar-refractivity contribution in [3.05, 3.63) is 29.8 Å². The normalized spacial score (nSPS) is 19.4. The zero-order valence-electron chi connectivity index (χ0n) is 14.3. The van der Waals surface area contributed by atoms with E-state index >= 15 is 0 Å². The summed E-state index contributed by atoms with van der Waals surface area (Å²) >= 11 is 0. The predicted molar refractivity (Wildman–Crippen MR) is 90.7 cm³/mol. The monoisotopic (exact) mass is 320 g/mol. The summed E-state index contributed by atoms with van der Waals surface area (Å²) in [5, 5.41) is 6.22. The Balaban J connectivity index is 1.73. The number of carbonyl (C=O) groups excluding carboxylic acids is 1. The summed E-state index contributed by atoms with van der Waals surface area (Å²) in [6, 6.07) is 8.09. The van der Waals surface area contributed by atoms with Crippen LogP contribution in [0.2, 0.25) is 0 Å². The van der Waals surface area contributed by atoms with Gasteiger partial charge in [-0.2, -0.15) is 0 Å². The summed E-state index contributed by atoms with van der Waals surface area (Å²) < 4.78 is 11.0. The van der Waals surface area contributed by atoms with Gasteiger partial charge in [-0.1, -0.05) is 12.1 Å². The molecular formula is C18H28N2O3. The largest absolute Gasteiger partial charge is 0.491 e. The molecule has 1 amide bonds. The van der Waals surface area contributed by atoms with E-state index in [9.17, 15) is 4.79 Å². The molecule has 0 spiro atoms. The second kappa shape index (κ2) is 8.89. The molecule has 23 heavy (non-hydrogen) atoms. The van der Waals surface area contributed by atoms with Gasteiger partial charge in [0.05, 0.1) is 19.3 Å². The number of ether oxygens (including phenoxy) is 2. The van der Waals surface area contributed by atoms with E-state index in [0.717, 1.165) is 25.1 Å². The molecule has 1 aromatic rings. The first-order chi connectivity index (χ1) is 11.0. The van der Waals surface area contributed by atoms with Crippen molar-refractivity contribution < 1.29 is 14.3 Å². The molecule has 1 aliphatic rings. The van der Waals surface area contributed by atoms with E-state index in [-0.39, 0.29) is 24.1 Å². The second-order valence-electron chi connectivity index (χ2n) is 6.34. The third-order valence-corrected chi connectivity index (χ3v) is 3.79. The summed E-state index contributed by atoms with van der Waals surface area (Å²) in [6.45, 7) is 7.94. The van der Waals surface area contributed by atoms with Crippen LogP contribution in [0, 0.1) is 0 Å². The number of benzene rings is 1. The van der Waals surface area contributed by atoms with Crippen molar-refractivity contribution in [1.29, 1.82) is 0 Å². The highest BCUT2D eigenvalue weighted by Crippen LogP contribution is 2.15. The summed E-state index contributed by atoms with van der Waals surface area (Å²) in [7, 11) is 0. The molecule has 0 bridgehead atoms. The Labute approximate surface area is 138 Å². The van der Waals surface area contributed by atoms with E-state index in [0.29, 0.717) is 13.2 Å². The summed E-state index contributed by atoms with van der Waals surface area (Å²) in [5.74, 6) is 0.923. The molecule has 1 aliphatic heterocycles. The lowest BCUT2D eigenvalue weighted by Gasteiger charge is -2.24. The first kappa shape index (κ1) is 17.8. The third-order valence-electron chi connectivity index (χ3n) is 3.79.